The summed E-state index contributed by atoms with van der Waals surface area (Å²) in [7, 11) is 0. The summed E-state index contributed by atoms with van der Waals surface area (Å²) < 4.78 is 5.61. The molecule has 2 aromatic rings. The number of nitrogens with zero attached hydrogens (tertiary/aromatic N) is 2. The molecule has 0 radical (unpaired) electrons. The van der Waals surface area contributed by atoms with Crippen molar-refractivity contribution in [3.8, 4) is 0 Å². The number of oxazole rings is 1. The first-order valence-electron chi connectivity index (χ1n) is 7.72. The van der Waals surface area contributed by atoms with Gasteiger partial charge in [-0.1, -0.05) is 12.1 Å². The van der Waals surface area contributed by atoms with Crippen molar-refractivity contribution in [2.45, 2.75) is 25.4 Å². The molecule has 1 fully saturated rings. The van der Waals surface area contributed by atoms with Crippen LogP contribution in [0.4, 0.5) is 0 Å². The highest BCUT2D eigenvalue weighted by atomic mass is 16.3. The van der Waals surface area contributed by atoms with Crippen LogP contribution in [0.3, 0.4) is 0 Å². The number of para-hydroxylation sites is 2. The lowest BCUT2D eigenvalue weighted by Crippen LogP contribution is -2.44. The first-order chi connectivity index (χ1) is 10.7. The Morgan fingerprint density at radius 3 is 3.14 bits per heavy atom. The molecule has 1 aliphatic heterocycles. The highest BCUT2D eigenvalue weighted by molar-refractivity contribution is 5.78. The molecular weight excluding hydrogens is 282 g/mol. The van der Waals surface area contributed by atoms with E-state index < -0.39 is 0 Å². The second kappa shape index (κ2) is 6.89. The number of amides is 1. The fourth-order valence-corrected chi connectivity index (χ4v) is 2.77. The third kappa shape index (κ3) is 3.84. The summed E-state index contributed by atoms with van der Waals surface area (Å²) in [6.45, 7) is 2.29. The molecule has 1 atom stereocenters. The van der Waals surface area contributed by atoms with Gasteiger partial charge in [0.2, 0.25) is 5.91 Å². The van der Waals surface area contributed by atoms with Gasteiger partial charge in [0.1, 0.15) is 5.52 Å². The summed E-state index contributed by atoms with van der Waals surface area (Å²) in [5, 5.41) is 12.5. The first kappa shape index (κ1) is 15.0. The van der Waals surface area contributed by atoms with Crippen molar-refractivity contribution in [3.05, 3.63) is 30.2 Å². The Kier molecular flexibility index (Phi) is 4.70. The number of β-amino-alcohol motifs (C(OH)–C–C–N with tert-alkyl or cyclic N) is 1. The van der Waals surface area contributed by atoms with Crippen LogP contribution in [0.1, 0.15) is 18.7 Å². The van der Waals surface area contributed by atoms with Gasteiger partial charge in [0, 0.05) is 19.5 Å². The van der Waals surface area contributed by atoms with Gasteiger partial charge >= 0.3 is 0 Å². The molecule has 1 aromatic heterocycles. The van der Waals surface area contributed by atoms with Crippen molar-refractivity contribution in [2.75, 3.05) is 26.2 Å². The lowest BCUT2D eigenvalue weighted by Gasteiger charge is -2.29. The first-order valence-corrected chi connectivity index (χ1v) is 7.72. The van der Waals surface area contributed by atoms with E-state index in [1.54, 1.807) is 0 Å². The molecule has 1 amide bonds. The molecule has 6 heteroatoms. The molecule has 0 unspecified atom stereocenters. The topological polar surface area (TPSA) is 78.6 Å². The molecule has 0 bridgehead atoms. The number of hydrogen-bond acceptors (Lipinski definition) is 5. The number of likely N-dealkylation sites (tertiary alicyclic amines) is 1. The Labute approximate surface area is 129 Å². The predicted octanol–water partition coefficient (Wildman–Crippen LogP) is 0.943. The van der Waals surface area contributed by atoms with Gasteiger partial charge in [0.25, 0.3) is 0 Å². The largest absolute Gasteiger partial charge is 0.441 e. The minimum atomic E-state index is -0.304. The van der Waals surface area contributed by atoms with Gasteiger partial charge in [-0.3, -0.25) is 9.69 Å². The molecule has 3 rings (SSSR count). The summed E-state index contributed by atoms with van der Waals surface area (Å²) in [6, 6.07) is 7.62. The minimum Gasteiger partial charge on any atom is -0.441 e. The Balaban J connectivity index is 1.43. The van der Waals surface area contributed by atoms with Crippen LogP contribution >= 0.6 is 0 Å². The Morgan fingerprint density at radius 2 is 2.32 bits per heavy atom. The SMILES string of the molecule is O=C(CN1CCC[C@@H](O)C1)NCCc1nc2ccccc2o1. The van der Waals surface area contributed by atoms with Crippen molar-refractivity contribution in [2.24, 2.45) is 0 Å². The number of aliphatic hydroxyl groups excluding tert-OH is 1. The Morgan fingerprint density at radius 1 is 1.45 bits per heavy atom. The van der Waals surface area contributed by atoms with E-state index in [9.17, 15) is 9.90 Å². The molecule has 6 nitrogen and oxygen atoms in total. The molecule has 118 valence electrons. The van der Waals surface area contributed by atoms with E-state index in [2.05, 4.69) is 10.3 Å². The van der Waals surface area contributed by atoms with Gasteiger partial charge < -0.3 is 14.8 Å². The van der Waals surface area contributed by atoms with Crippen molar-refractivity contribution >= 4 is 17.0 Å². The highest BCUT2D eigenvalue weighted by Gasteiger charge is 2.19. The summed E-state index contributed by atoms with van der Waals surface area (Å²) >= 11 is 0. The highest BCUT2D eigenvalue weighted by Crippen LogP contribution is 2.14. The van der Waals surface area contributed by atoms with Crippen LogP contribution in [-0.2, 0) is 11.2 Å². The molecule has 0 saturated carbocycles. The Hall–Kier alpha value is -1.92. The van der Waals surface area contributed by atoms with E-state index >= 15 is 0 Å². The van der Waals surface area contributed by atoms with Crippen LogP contribution in [0.15, 0.2) is 28.7 Å². The fraction of sp³-hybridized carbons (Fsp3) is 0.500. The number of fused-ring (bicyclic) bond motifs is 1. The smallest absolute Gasteiger partial charge is 0.234 e. The number of aliphatic hydroxyl groups is 1. The quantitative estimate of drug-likeness (QED) is 0.859. The number of nitrogens with one attached hydrogen (secondary N) is 1. The second-order valence-electron chi connectivity index (χ2n) is 5.71. The summed E-state index contributed by atoms with van der Waals surface area (Å²) in [6.07, 6.45) is 2.04. The van der Waals surface area contributed by atoms with Gasteiger partial charge in [0.15, 0.2) is 11.5 Å². The van der Waals surface area contributed by atoms with Crippen LogP contribution in [-0.4, -0.2) is 53.2 Å². The van der Waals surface area contributed by atoms with Gasteiger partial charge in [-0.25, -0.2) is 4.98 Å². The van der Waals surface area contributed by atoms with Crippen molar-refractivity contribution < 1.29 is 14.3 Å². The lowest BCUT2D eigenvalue weighted by molar-refractivity contribution is -0.122. The third-order valence-corrected chi connectivity index (χ3v) is 3.85. The minimum absolute atomic E-state index is 0.0230. The van der Waals surface area contributed by atoms with E-state index in [1.165, 1.54) is 0 Å². The van der Waals surface area contributed by atoms with E-state index in [-0.39, 0.29) is 12.0 Å². The molecule has 1 saturated heterocycles. The van der Waals surface area contributed by atoms with E-state index in [0.717, 1.165) is 30.5 Å². The van der Waals surface area contributed by atoms with Crippen LogP contribution in [0.2, 0.25) is 0 Å². The van der Waals surface area contributed by atoms with E-state index in [4.69, 9.17) is 4.42 Å². The number of carbonyl (C=O) groups is 1. The fourth-order valence-electron chi connectivity index (χ4n) is 2.77. The second-order valence-corrected chi connectivity index (χ2v) is 5.71. The summed E-state index contributed by atoms with van der Waals surface area (Å²) in [4.78, 5) is 18.3. The summed E-state index contributed by atoms with van der Waals surface area (Å²) in [5.74, 6) is 0.611. The molecule has 0 spiro atoms. The average molecular weight is 303 g/mol. The molecule has 1 aliphatic rings. The number of aromatic nitrogens is 1. The van der Waals surface area contributed by atoms with Gasteiger partial charge in [-0.05, 0) is 31.5 Å². The van der Waals surface area contributed by atoms with Crippen LogP contribution in [0.5, 0.6) is 0 Å². The number of rotatable bonds is 5. The number of benzene rings is 1. The third-order valence-electron chi connectivity index (χ3n) is 3.85. The molecule has 1 aromatic carbocycles. The standard InChI is InChI=1S/C16H21N3O3/c20-12-4-3-9-19(10-12)11-15(21)17-8-7-16-18-13-5-1-2-6-14(13)22-16/h1-2,5-6,12,20H,3-4,7-11H2,(H,17,21)/t12-/m1/s1. The lowest BCUT2D eigenvalue weighted by atomic mass is 10.1. The maximum Gasteiger partial charge on any atom is 0.234 e. The van der Waals surface area contributed by atoms with Crippen molar-refractivity contribution in [1.29, 1.82) is 0 Å². The Bertz CT molecular complexity index is 607. The normalized spacial score (nSPS) is 19.4. The number of piperidine rings is 1. The maximum absolute atomic E-state index is 11.9. The van der Waals surface area contributed by atoms with Gasteiger partial charge in [-0.15, -0.1) is 0 Å². The number of hydrogen-bond donors (Lipinski definition) is 2. The van der Waals surface area contributed by atoms with Crippen molar-refractivity contribution in [1.82, 2.24) is 15.2 Å². The van der Waals surface area contributed by atoms with Crippen LogP contribution in [0.25, 0.3) is 11.1 Å². The average Bonchev–Trinajstić information content (AvgIpc) is 2.90. The molecular formula is C16H21N3O3. The number of carbonyl (C=O) groups excluding carboxylic acids is 1. The van der Waals surface area contributed by atoms with Gasteiger partial charge in [-0.2, -0.15) is 0 Å². The monoisotopic (exact) mass is 303 g/mol. The maximum atomic E-state index is 11.9. The van der Waals surface area contributed by atoms with Crippen molar-refractivity contribution in [3.63, 3.8) is 0 Å². The van der Waals surface area contributed by atoms with Crippen LogP contribution in [0, 0.1) is 0 Å². The van der Waals surface area contributed by atoms with Crippen LogP contribution < -0.4 is 5.32 Å². The molecule has 0 aliphatic carbocycles. The molecule has 2 N–H and O–H groups in total. The van der Waals surface area contributed by atoms with Gasteiger partial charge in [0.05, 0.1) is 12.6 Å². The predicted molar refractivity (Wildman–Crippen MR) is 82.4 cm³/mol. The van der Waals surface area contributed by atoms with E-state index in [0.29, 0.717) is 31.9 Å². The summed E-state index contributed by atoms with van der Waals surface area (Å²) in [5.41, 5.74) is 1.61. The zero-order valence-electron chi connectivity index (χ0n) is 12.5. The zero-order chi connectivity index (χ0) is 15.4. The molecule has 2 heterocycles. The van der Waals surface area contributed by atoms with E-state index in [1.807, 2.05) is 29.2 Å². The molecule has 22 heavy (non-hydrogen) atoms. The zero-order valence-corrected chi connectivity index (χ0v) is 12.5.